The fourth-order valence-electron chi connectivity index (χ4n) is 4.30. The van der Waals surface area contributed by atoms with E-state index in [2.05, 4.69) is 32.1 Å². The van der Waals surface area contributed by atoms with Crippen LogP contribution in [-0.2, 0) is 6.54 Å². The van der Waals surface area contributed by atoms with Gasteiger partial charge >= 0.3 is 0 Å². The van der Waals surface area contributed by atoms with E-state index in [0.29, 0.717) is 42.0 Å². The summed E-state index contributed by atoms with van der Waals surface area (Å²) < 4.78 is 12.1. The first-order valence-corrected chi connectivity index (χ1v) is 11.4. The van der Waals surface area contributed by atoms with E-state index in [-0.39, 0.29) is 5.91 Å². The molecule has 0 atom stereocenters. The molecule has 0 radical (unpaired) electrons. The maximum atomic E-state index is 12.5. The van der Waals surface area contributed by atoms with Crippen LogP contribution < -0.4 is 5.73 Å². The molecule has 5 heterocycles. The molecule has 10 nitrogen and oxygen atoms in total. The third-order valence-corrected chi connectivity index (χ3v) is 6.10. The minimum Gasteiger partial charge on any atom is -0.461 e. The molecule has 1 saturated heterocycles. The zero-order chi connectivity index (χ0) is 23.8. The van der Waals surface area contributed by atoms with Crippen molar-refractivity contribution < 1.29 is 13.6 Å². The number of piperazine rings is 1. The molecular formula is C25H23N7O3. The number of hydrogen-bond acceptors (Lipinski definition) is 8. The van der Waals surface area contributed by atoms with Crippen molar-refractivity contribution in [3.05, 3.63) is 78.4 Å². The summed E-state index contributed by atoms with van der Waals surface area (Å²) in [6.07, 6.45) is 3.10. The molecule has 4 aromatic heterocycles. The maximum Gasteiger partial charge on any atom is 0.289 e. The van der Waals surface area contributed by atoms with Crippen LogP contribution in [0, 0.1) is 0 Å². The first-order valence-electron chi connectivity index (χ1n) is 11.4. The molecule has 1 aliphatic heterocycles. The predicted molar refractivity (Wildman–Crippen MR) is 128 cm³/mol. The van der Waals surface area contributed by atoms with E-state index in [9.17, 15) is 4.79 Å². The topological polar surface area (TPSA) is 119 Å². The minimum atomic E-state index is -0.0561. The Morgan fingerprint density at radius 3 is 2.54 bits per heavy atom. The normalized spacial score (nSPS) is 14.6. The summed E-state index contributed by atoms with van der Waals surface area (Å²) in [5, 5.41) is 4.40. The lowest BCUT2D eigenvalue weighted by molar-refractivity contribution is 0.0598. The number of furan rings is 2. The van der Waals surface area contributed by atoms with Crippen molar-refractivity contribution in [2.75, 3.05) is 31.9 Å². The zero-order valence-electron chi connectivity index (χ0n) is 18.9. The molecule has 0 bridgehead atoms. The molecule has 176 valence electrons. The van der Waals surface area contributed by atoms with E-state index in [1.54, 1.807) is 36.6 Å². The Labute approximate surface area is 200 Å². The minimum absolute atomic E-state index is 0.0561. The van der Waals surface area contributed by atoms with E-state index in [1.807, 2.05) is 17.0 Å². The average Bonchev–Trinajstić information content (AvgIpc) is 3.66. The van der Waals surface area contributed by atoms with E-state index in [0.717, 1.165) is 36.5 Å². The largest absolute Gasteiger partial charge is 0.461 e. The average molecular weight is 470 g/mol. The number of nitrogens with two attached hydrogens (primary N) is 1. The van der Waals surface area contributed by atoms with Gasteiger partial charge in [0.2, 0.25) is 5.82 Å². The fourth-order valence-corrected chi connectivity index (χ4v) is 4.30. The van der Waals surface area contributed by atoms with Crippen LogP contribution in [0.1, 0.15) is 16.1 Å². The number of carbonyl (C=O) groups excluding carboxylic acids is 1. The highest BCUT2D eigenvalue weighted by Gasteiger charge is 2.23. The van der Waals surface area contributed by atoms with E-state index in [4.69, 9.17) is 14.6 Å². The molecule has 0 aliphatic carbocycles. The molecule has 1 amide bonds. The first kappa shape index (κ1) is 21.1. The molecule has 6 rings (SSSR count). The highest BCUT2D eigenvalue weighted by molar-refractivity contribution is 5.91. The predicted octanol–water partition coefficient (Wildman–Crippen LogP) is 3.18. The standard InChI is InChI=1S/C25H23N7O3/c26-22-15-19(27-25-28-23(29-32(22)25)20-6-2-12-34-20)18-5-1-4-17(14-18)16-30-8-10-31(11-9-30)24(33)21-7-3-13-35-21/h1-7,12-15H,8-11,16,26H2. The van der Waals surface area contributed by atoms with E-state index < -0.39 is 0 Å². The number of rotatable bonds is 5. The Morgan fingerprint density at radius 1 is 0.943 bits per heavy atom. The van der Waals surface area contributed by atoms with Crippen molar-refractivity contribution in [1.82, 2.24) is 29.4 Å². The van der Waals surface area contributed by atoms with Gasteiger partial charge in [-0.2, -0.15) is 9.50 Å². The lowest BCUT2D eigenvalue weighted by atomic mass is 10.1. The molecule has 1 aliphatic rings. The van der Waals surface area contributed by atoms with Gasteiger partial charge in [-0.1, -0.05) is 18.2 Å². The molecule has 0 saturated carbocycles. The highest BCUT2D eigenvalue weighted by Crippen LogP contribution is 2.24. The third kappa shape index (κ3) is 4.15. The Bertz CT molecular complexity index is 1470. The number of anilines is 1. The summed E-state index contributed by atoms with van der Waals surface area (Å²) in [7, 11) is 0. The Kier molecular flexibility index (Phi) is 5.27. The number of nitrogen functional groups attached to an aromatic ring is 1. The second-order valence-electron chi connectivity index (χ2n) is 8.44. The van der Waals surface area contributed by atoms with Crippen LogP contribution in [0.2, 0.25) is 0 Å². The van der Waals surface area contributed by atoms with Crippen LogP contribution in [0.5, 0.6) is 0 Å². The number of amides is 1. The van der Waals surface area contributed by atoms with Crippen molar-refractivity contribution in [2.45, 2.75) is 6.54 Å². The van der Waals surface area contributed by atoms with Crippen molar-refractivity contribution >= 4 is 17.5 Å². The number of fused-ring (bicyclic) bond motifs is 1. The van der Waals surface area contributed by atoms with Gasteiger partial charge in [0, 0.05) is 44.4 Å². The van der Waals surface area contributed by atoms with Gasteiger partial charge < -0.3 is 19.5 Å². The van der Waals surface area contributed by atoms with Gasteiger partial charge in [-0.25, -0.2) is 4.98 Å². The summed E-state index contributed by atoms with van der Waals surface area (Å²) >= 11 is 0. The van der Waals surface area contributed by atoms with Crippen LogP contribution in [0.4, 0.5) is 5.82 Å². The SMILES string of the molecule is Nc1cc(-c2cccc(CN3CCN(C(=O)c4ccco4)CC3)c2)nc2nc(-c3ccco3)nn12. The van der Waals surface area contributed by atoms with Crippen molar-refractivity contribution in [3.8, 4) is 22.8 Å². The van der Waals surface area contributed by atoms with Crippen LogP contribution in [0.15, 0.2) is 76.0 Å². The number of hydrogen-bond donors (Lipinski definition) is 1. The summed E-state index contributed by atoms with van der Waals surface area (Å²) in [5.41, 5.74) is 9.10. The zero-order valence-corrected chi connectivity index (χ0v) is 18.9. The maximum absolute atomic E-state index is 12.5. The van der Waals surface area contributed by atoms with Gasteiger partial charge in [0.25, 0.3) is 11.7 Å². The van der Waals surface area contributed by atoms with Gasteiger partial charge in [0.15, 0.2) is 11.5 Å². The van der Waals surface area contributed by atoms with Gasteiger partial charge in [-0.05, 0) is 35.9 Å². The smallest absolute Gasteiger partial charge is 0.289 e. The lowest BCUT2D eigenvalue weighted by Gasteiger charge is -2.34. The molecule has 0 unspecified atom stereocenters. The van der Waals surface area contributed by atoms with Crippen molar-refractivity contribution in [3.63, 3.8) is 0 Å². The number of aromatic nitrogens is 4. The second kappa shape index (κ2) is 8.73. The van der Waals surface area contributed by atoms with Gasteiger partial charge in [-0.3, -0.25) is 9.69 Å². The third-order valence-electron chi connectivity index (χ3n) is 6.10. The highest BCUT2D eigenvalue weighted by atomic mass is 16.3. The van der Waals surface area contributed by atoms with Gasteiger partial charge in [0.1, 0.15) is 5.82 Å². The molecule has 1 aromatic carbocycles. The Hall–Kier alpha value is -4.44. The van der Waals surface area contributed by atoms with E-state index >= 15 is 0 Å². The molecular weight excluding hydrogens is 446 g/mol. The molecule has 2 N–H and O–H groups in total. The summed E-state index contributed by atoms with van der Waals surface area (Å²) in [5.74, 6) is 2.18. The number of carbonyl (C=O) groups is 1. The first-order chi connectivity index (χ1) is 17.1. The summed E-state index contributed by atoms with van der Waals surface area (Å²) in [6.45, 7) is 3.70. The van der Waals surface area contributed by atoms with Crippen molar-refractivity contribution in [2.24, 2.45) is 0 Å². The number of nitrogens with zero attached hydrogens (tertiary/aromatic N) is 6. The molecule has 0 spiro atoms. The quantitative estimate of drug-likeness (QED) is 0.417. The van der Waals surface area contributed by atoms with Gasteiger partial charge in [0.05, 0.1) is 18.2 Å². The van der Waals surface area contributed by atoms with Crippen LogP contribution in [-0.4, -0.2) is 61.5 Å². The second-order valence-corrected chi connectivity index (χ2v) is 8.44. The Balaban J connectivity index is 1.17. The van der Waals surface area contributed by atoms with Crippen LogP contribution >= 0.6 is 0 Å². The van der Waals surface area contributed by atoms with Crippen molar-refractivity contribution in [1.29, 1.82) is 0 Å². The lowest BCUT2D eigenvalue weighted by Crippen LogP contribution is -2.48. The van der Waals surface area contributed by atoms with Gasteiger partial charge in [-0.15, -0.1) is 5.10 Å². The van der Waals surface area contributed by atoms with E-state index in [1.165, 1.54) is 10.8 Å². The van der Waals surface area contributed by atoms with Crippen LogP contribution in [0.25, 0.3) is 28.6 Å². The molecule has 10 heteroatoms. The Morgan fingerprint density at radius 2 is 1.77 bits per heavy atom. The fraction of sp³-hybridized carbons (Fsp3) is 0.200. The van der Waals surface area contributed by atoms with Crippen LogP contribution in [0.3, 0.4) is 0 Å². The monoisotopic (exact) mass is 469 g/mol. The molecule has 35 heavy (non-hydrogen) atoms. The molecule has 1 fully saturated rings. The number of benzene rings is 1. The summed E-state index contributed by atoms with van der Waals surface area (Å²) in [4.78, 5) is 25.8. The molecule has 5 aromatic rings. The summed E-state index contributed by atoms with van der Waals surface area (Å²) in [6, 6.07) is 17.0.